The van der Waals surface area contributed by atoms with Gasteiger partial charge in [-0.2, -0.15) is 5.26 Å². The minimum absolute atomic E-state index is 0.138. The first kappa shape index (κ1) is 12.6. The lowest BCUT2D eigenvalue weighted by atomic mass is 9.83. The Bertz CT molecular complexity index is 482. The SMILES string of the molecule is COc1ccc(C(=O)C2CCCCC2)cc1C#N. The highest BCUT2D eigenvalue weighted by Gasteiger charge is 2.22. The van der Waals surface area contributed by atoms with Crippen LogP contribution in [0.25, 0.3) is 0 Å². The van der Waals surface area contributed by atoms with Crippen molar-refractivity contribution in [1.82, 2.24) is 0 Å². The lowest BCUT2D eigenvalue weighted by Crippen LogP contribution is -2.18. The van der Waals surface area contributed by atoms with Crippen LogP contribution in [0, 0.1) is 17.2 Å². The number of nitrogens with zero attached hydrogens (tertiary/aromatic N) is 1. The molecule has 18 heavy (non-hydrogen) atoms. The molecule has 1 saturated carbocycles. The van der Waals surface area contributed by atoms with E-state index in [1.54, 1.807) is 18.2 Å². The molecule has 3 heteroatoms. The summed E-state index contributed by atoms with van der Waals surface area (Å²) in [5.41, 5.74) is 1.07. The predicted octanol–water partition coefficient (Wildman–Crippen LogP) is 3.33. The van der Waals surface area contributed by atoms with Crippen LogP contribution in [-0.4, -0.2) is 12.9 Å². The first-order chi connectivity index (χ1) is 8.76. The monoisotopic (exact) mass is 243 g/mol. The van der Waals surface area contributed by atoms with Crippen molar-refractivity contribution in [3.8, 4) is 11.8 Å². The highest BCUT2D eigenvalue weighted by molar-refractivity contribution is 5.98. The van der Waals surface area contributed by atoms with E-state index in [1.165, 1.54) is 13.5 Å². The average molecular weight is 243 g/mol. The topological polar surface area (TPSA) is 50.1 Å². The molecule has 0 atom stereocenters. The Kier molecular flexibility index (Phi) is 3.99. The van der Waals surface area contributed by atoms with Crippen molar-refractivity contribution in [3.63, 3.8) is 0 Å². The van der Waals surface area contributed by atoms with Crippen LogP contribution in [0.4, 0.5) is 0 Å². The van der Waals surface area contributed by atoms with Crippen LogP contribution >= 0.6 is 0 Å². The van der Waals surface area contributed by atoms with E-state index in [2.05, 4.69) is 6.07 Å². The van der Waals surface area contributed by atoms with Gasteiger partial charge in [-0.15, -0.1) is 0 Å². The number of hydrogen-bond donors (Lipinski definition) is 0. The minimum atomic E-state index is 0.138. The van der Waals surface area contributed by atoms with Crippen molar-refractivity contribution in [2.24, 2.45) is 5.92 Å². The van der Waals surface area contributed by atoms with Gasteiger partial charge in [0.25, 0.3) is 0 Å². The molecule has 1 aromatic carbocycles. The van der Waals surface area contributed by atoms with E-state index in [-0.39, 0.29) is 11.7 Å². The molecule has 94 valence electrons. The Balaban J connectivity index is 2.22. The van der Waals surface area contributed by atoms with Gasteiger partial charge in [-0.25, -0.2) is 0 Å². The third-order valence-electron chi connectivity index (χ3n) is 3.58. The maximum absolute atomic E-state index is 12.3. The maximum Gasteiger partial charge on any atom is 0.165 e. The van der Waals surface area contributed by atoms with Crippen LogP contribution in [0.2, 0.25) is 0 Å². The zero-order valence-electron chi connectivity index (χ0n) is 10.6. The van der Waals surface area contributed by atoms with E-state index in [4.69, 9.17) is 10.00 Å². The zero-order valence-corrected chi connectivity index (χ0v) is 10.6. The molecule has 1 aromatic rings. The van der Waals surface area contributed by atoms with E-state index in [1.807, 2.05) is 0 Å². The molecule has 0 amide bonds. The lowest BCUT2D eigenvalue weighted by molar-refractivity contribution is 0.0889. The number of hydrogen-bond acceptors (Lipinski definition) is 3. The molecule has 1 aliphatic carbocycles. The van der Waals surface area contributed by atoms with Gasteiger partial charge in [0.15, 0.2) is 5.78 Å². The summed E-state index contributed by atoms with van der Waals surface area (Å²) in [6.07, 6.45) is 5.46. The summed E-state index contributed by atoms with van der Waals surface area (Å²) >= 11 is 0. The number of carbonyl (C=O) groups is 1. The number of ether oxygens (including phenoxy) is 1. The van der Waals surface area contributed by atoms with Gasteiger partial charge >= 0.3 is 0 Å². The standard InChI is InChI=1S/C15H17NO2/c1-18-14-8-7-12(9-13(14)10-16)15(17)11-5-3-2-4-6-11/h7-9,11H,2-6H2,1H3. The largest absolute Gasteiger partial charge is 0.495 e. The molecule has 0 aromatic heterocycles. The molecule has 0 N–H and O–H groups in total. The third kappa shape index (κ3) is 2.53. The van der Waals surface area contributed by atoms with E-state index in [0.29, 0.717) is 16.9 Å². The van der Waals surface area contributed by atoms with Crippen molar-refractivity contribution in [1.29, 1.82) is 5.26 Å². The highest BCUT2D eigenvalue weighted by Crippen LogP contribution is 2.28. The second kappa shape index (κ2) is 5.68. The second-order valence-corrected chi connectivity index (χ2v) is 4.73. The van der Waals surface area contributed by atoms with Crippen molar-refractivity contribution >= 4 is 5.78 Å². The number of rotatable bonds is 3. The van der Waals surface area contributed by atoms with Gasteiger partial charge in [0, 0.05) is 11.5 Å². The quantitative estimate of drug-likeness (QED) is 0.765. The summed E-state index contributed by atoms with van der Waals surface area (Å²) < 4.78 is 5.08. The summed E-state index contributed by atoms with van der Waals surface area (Å²) in [5.74, 6) is 0.838. The molecule has 0 aliphatic heterocycles. The van der Waals surface area contributed by atoms with Crippen molar-refractivity contribution in [3.05, 3.63) is 29.3 Å². The van der Waals surface area contributed by atoms with E-state index < -0.39 is 0 Å². The van der Waals surface area contributed by atoms with Gasteiger partial charge < -0.3 is 4.74 Å². The highest BCUT2D eigenvalue weighted by atomic mass is 16.5. The molecule has 0 bridgehead atoms. The van der Waals surface area contributed by atoms with Crippen LogP contribution in [0.5, 0.6) is 5.75 Å². The first-order valence-electron chi connectivity index (χ1n) is 6.38. The van der Waals surface area contributed by atoms with Gasteiger partial charge in [0.2, 0.25) is 0 Å². The average Bonchev–Trinajstić information content (AvgIpc) is 2.46. The molecule has 1 fully saturated rings. The second-order valence-electron chi connectivity index (χ2n) is 4.73. The Hall–Kier alpha value is -1.82. The number of methoxy groups -OCH3 is 1. The summed E-state index contributed by atoms with van der Waals surface area (Å²) in [7, 11) is 1.53. The number of ketones is 1. The van der Waals surface area contributed by atoms with Crippen molar-refractivity contribution in [2.45, 2.75) is 32.1 Å². The number of carbonyl (C=O) groups excluding carboxylic acids is 1. The summed E-state index contributed by atoms with van der Waals surface area (Å²) in [4.78, 5) is 12.3. The van der Waals surface area contributed by atoms with Crippen LogP contribution in [0.15, 0.2) is 18.2 Å². The number of Topliss-reactive ketones (excluding diaryl/α,β-unsaturated/α-hetero) is 1. The smallest absolute Gasteiger partial charge is 0.165 e. The maximum atomic E-state index is 12.3. The Labute approximate surface area is 107 Å². The van der Waals surface area contributed by atoms with Crippen LogP contribution in [0.3, 0.4) is 0 Å². The molecule has 0 saturated heterocycles. The van der Waals surface area contributed by atoms with Crippen molar-refractivity contribution < 1.29 is 9.53 Å². The minimum Gasteiger partial charge on any atom is -0.495 e. The normalized spacial score (nSPS) is 16.0. The molecule has 0 radical (unpaired) electrons. The molecule has 0 unspecified atom stereocenters. The molecule has 3 nitrogen and oxygen atoms in total. The fourth-order valence-corrected chi connectivity index (χ4v) is 2.55. The predicted molar refractivity (Wildman–Crippen MR) is 68.6 cm³/mol. The van der Waals surface area contributed by atoms with Gasteiger partial charge in [-0.3, -0.25) is 4.79 Å². The van der Waals surface area contributed by atoms with Crippen LogP contribution < -0.4 is 4.74 Å². The number of nitriles is 1. The molecule has 0 spiro atoms. The molecule has 0 heterocycles. The van der Waals surface area contributed by atoms with Gasteiger partial charge in [0.1, 0.15) is 11.8 Å². The lowest BCUT2D eigenvalue weighted by Gasteiger charge is -2.20. The Morgan fingerprint density at radius 3 is 2.67 bits per heavy atom. The van der Waals surface area contributed by atoms with Crippen molar-refractivity contribution in [2.75, 3.05) is 7.11 Å². The summed E-state index contributed by atoms with van der Waals surface area (Å²) in [6.45, 7) is 0. The Morgan fingerprint density at radius 2 is 2.06 bits per heavy atom. The molecular formula is C15H17NO2. The third-order valence-corrected chi connectivity index (χ3v) is 3.58. The summed E-state index contributed by atoms with van der Waals surface area (Å²) in [6, 6.07) is 7.18. The number of benzene rings is 1. The van der Waals surface area contributed by atoms with E-state index >= 15 is 0 Å². The van der Waals surface area contributed by atoms with Gasteiger partial charge in [-0.05, 0) is 31.0 Å². The Morgan fingerprint density at radius 1 is 1.33 bits per heavy atom. The van der Waals surface area contributed by atoms with Crippen LogP contribution in [-0.2, 0) is 0 Å². The van der Waals surface area contributed by atoms with Gasteiger partial charge in [0.05, 0.1) is 12.7 Å². The first-order valence-corrected chi connectivity index (χ1v) is 6.38. The molecule has 1 aliphatic rings. The van der Waals surface area contributed by atoms with Gasteiger partial charge in [-0.1, -0.05) is 19.3 Å². The fourth-order valence-electron chi connectivity index (χ4n) is 2.55. The van der Waals surface area contributed by atoms with E-state index in [0.717, 1.165) is 25.7 Å². The molecular weight excluding hydrogens is 226 g/mol. The van der Waals surface area contributed by atoms with E-state index in [9.17, 15) is 4.79 Å². The summed E-state index contributed by atoms with van der Waals surface area (Å²) in [5, 5.41) is 9.02. The van der Waals surface area contributed by atoms with Crippen LogP contribution in [0.1, 0.15) is 48.0 Å². The fraction of sp³-hybridized carbons (Fsp3) is 0.467. The molecule has 2 rings (SSSR count). The zero-order chi connectivity index (χ0) is 13.0.